The monoisotopic (exact) mass is 321 g/mol. The number of ether oxygens (including phenoxy) is 2. The summed E-state index contributed by atoms with van der Waals surface area (Å²) < 4.78 is 11.1. The molecular weight excluding hydrogens is 306 g/mol. The maximum Gasteiger partial charge on any atom is 0.130 e. The number of nitrogens with zero attached hydrogens (tertiary/aromatic N) is 1. The van der Waals surface area contributed by atoms with Gasteiger partial charge < -0.3 is 9.47 Å². The van der Waals surface area contributed by atoms with Crippen LogP contribution in [0, 0.1) is 6.92 Å². The number of halogens is 1. The number of alkyl halides is 1. The van der Waals surface area contributed by atoms with Gasteiger partial charge in [0, 0.05) is 22.7 Å². The van der Waals surface area contributed by atoms with Crippen molar-refractivity contribution in [2.45, 2.75) is 18.9 Å². The molecule has 19 heavy (non-hydrogen) atoms. The second kappa shape index (κ2) is 6.57. The number of hydrogen-bond donors (Lipinski definition) is 0. The summed E-state index contributed by atoms with van der Waals surface area (Å²) in [7, 11) is 1.65. The zero-order valence-electron chi connectivity index (χ0n) is 11.0. The molecule has 3 nitrogen and oxygen atoms in total. The molecule has 2 rings (SSSR count). The van der Waals surface area contributed by atoms with Crippen LogP contribution in [-0.2, 0) is 11.9 Å². The average Bonchev–Trinajstić information content (AvgIpc) is 2.45. The molecule has 0 aliphatic rings. The molecule has 0 bridgehead atoms. The molecule has 1 aromatic carbocycles. The minimum absolute atomic E-state index is 0.453. The first-order valence-electron chi connectivity index (χ1n) is 6.01. The predicted octanol–water partition coefficient (Wildman–Crippen LogP) is 3.87. The van der Waals surface area contributed by atoms with Crippen molar-refractivity contribution in [1.29, 1.82) is 0 Å². The summed E-state index contributed by atoms with van der Waals surface area (Å²) in [5, 5.41) is 0.744. The zero-order valence-corrected chi connectivity index (χ0v) is 12.6. The van der Waals surface area contributed by atoms with Crippen LogP contribution in [0.25, 0.3) is 0 Å². The molecule has 0 unspecified atom stereocenters. The van der Waals surface area contributed by atoms with E-state index in [-0.39, 0.29) is 0 Å². The van der Waals surface area contributed by atoms with Gasteiger partial charge >= 0.3 is 0 Å². The normalized spacial score (nSPS) is 10.3. The van der Waals surface area contributed by atoms with E-state index in [1.54, 1.807) is 7.11 Å². The van der Waals surface area contributed by atoms with Crippen molar-refractivity contribution in [3.8, 4) is 11.5 Å². The third-order valence-electron chi connectivity index (χ3n) is 2.74. The first kappa shape index (κ1) is 13.9. The van der Waals surface area contributed by atoms with Crippen molar-refractivity contribution >= 4 is 15.9 Å². The van der Waals surface area contributed by atoms with Crippen LogP contribution >= 0.6 is 15.9 Å². The standard InChI is InChI=1S/C15H16BrNO2/c1-11-4-3-5-13(17-11)10-19-15-8-14(18-2)7-6-12(15)9-16/h3-8H,9-10H2,1-2H3. The maximum absolute atomic E-state index is 5.84. The van der Waals surface area contributed by atoms with Crippen LogP contribution in [0.3, 0.4) is 0 Å². The van der Waals surface area contributed by atoms with Gasteiger partial charge in [0.2, 0.25) is 0 Å². The number of aromatic nitrogens is 1. The molecule has 0 saturated carbocycles. The van der Waals surface area contributed by atoms with Crippen LogP contribution in [0.4, 0.5) is 0 Å². The Kier molecular flexibility index (Phi) is 4.80. The lowest BCUT2D eigenvalue weighted by Crippen LogP contribution is -2.01. The van der Waals surface area contributed by atoms with E-state index in [0.29, 0.717) is 6.61 Å². The largest absolute Gasteiger partial charge is 0.497 e. The van der Waals surface area contributed by atoms with Crippen LogP contribution < -0.4 is 9.47 Å². The van der Waals surface area contributed by atoms with Gasteiger partial charge in [-0.3, -0.25) is 4.98 Å². The molecule has 0 saturated heterocycles. The van der Waals surface area contributed by atoms with Crippen LogP contribution in [0.2, 0.25) is 0 Å². The second-order valence-corrected chi connectivity index (χ2v) is 4.73. The Morgan fingerprint density at radius 1 is 1.21 bits per heavy atom. The molecule has 0 aliphatic heterocycles. The predicted molar refractivity (Wildman–Crippen MR) is 78.9 cm³/mol. The van der Waals surface area contributed by atoms with Crippen LogP contribution in [0.1, 0.15) is 17.0 Å². The maximum atomic E-state index is 5.84. The summed E-state index contributed by atoms with van der Waals surface area (Å²) in [6, 6.07) is 11.7. The topological polar surface area (TPSA) is 31.4 Å². The summed E-state index contributed by atoms with van der Waals surface area (Å²) in [6.45, 7) is 2.42. The Bertz CT molecular complexity index is 558. The highest BCUT2D eigenvalue weighted by Gasteiger charge is 2.06. The van der Waals surface area contributed by atoms with Gasteiger partial charge in [-0.05, 0) is 25.1 Å². The van der Waals surface area contributed by atoms with Crippen molar-refractivity contribution in [3.63, 3.8) is 0 Å². The summed E-state index contributed by atoms with van der Waals surface area (Å²) in [5.74, 6) is 1.61. The van der Waals surface area contributed by atoms with Crippen molar-refractivity contribution in [1.82, 2.24) is 4.98 Å². The van der Waals surface area contributed by atoms with Crippen LogP contribution in [0.15, 0.2) is 36.4 Å². The molecule has 1 aromatic heterocycles. The third kappa shape index (κ3) is 3.70. The third-order valence-corrected chi connectivity index (χ3v) is 3.34. The first-order chi connectivity index (χ1) is 9.22. The highest BCUT2D eigenvalue weighted by Crippen LogP contribution is 2.27. The summed E-state index contributed by atoms with van der Waals surface area (Å²) in [4.78, 5) is 4.42. The Hall–Kier alpha value is -1.55. The molecule has 2 aromatic rings. The first-order valence-corrected chi connectivity index (χ1v) is 7.13. The molecule has 4 heteroatoms. The number of pyridine rings is 1. The van der Waals surface area contributed by atoms with Crippen molar-refractivity contribution in [2.75, 3.05) is 7.11 Å². The fourth-order valence-corrected chi connectivity index (χ4v) is 2.20. The van der Waals surface area contributed by atoms with Crippen molar-refractivity contribution in [2.24, 2.45) is 0 Å². The van der Waals surface area contributed by atoms with Gasteiger partial charge in [0.15, 0.2) is 0 Å². The lowest BCUT2D eigenvalue weighted by molar-refractivity contribution is 0.296. The van der Waals surface area contributed by atoms with E-state index in [9.17, 15) is 0 Å². The minimum Gasteiger partial charge on any atom is -0.497 e. The molecular formula is C15H16BrNO2. The molecule has 0 aliphatic carbocycles. The molecule has 0 spiro atoms. The summed E-state index contributed by atoms with van der Waals surface area (Å²) >= 11 is 3.46. The molecule has 0 atom stereocenters. The van der Waals surface area contributed by atoms with Crippen LogP contribution in [0.5, 0.6) is 11.5 Å². The lowest BCUT2D eigenvalue weighted by Gasteiger charge is -2.11. The quantitative estimate of drug-likeness (QED) is 0.783. The van der Waals surface area contributed by atoms with Gasteiger partial charge in [-0.1, -0.05) is 28.1 Å². The van der Waals surface area contributed by atoms with Crippen LogP contribution in [-0.4, -0.2) is 12.1 Å². The SMILES string of the molecule is COc1ccc(CBr)c(OCc2cccc(C)n2)c1. The number of methoxy groups -OCH3 is 1. The van der Waals surface area contributed by atoms with Gasteiger partial charge in [-0.15, -0.1) is 0 Å². The fourth-order valence-electron chi connectivity index (χ4n) is 1.74. The number of aryl methyl sites for hydroxylation is 1. The number of rotatable bonds is 5. The molecule has 1 heterocycles. The lowest BCUT2D eigenvalue weighted by atomic mass is 10.2. The molecule has 100 valence electrons. The van der Waals surface area contributed by atoms with E-state index in [1.165, 1.54) is 0 Å². The number of hydrogen-bond acceptors (Lipinski definition) is 3. The van der Waals surface area contributed by atoms with Crippen molar-refractivity contribution in [3.05, 3.63) is 53.3 Å². The van der Waals surface area contributed by atoms with E-state index in [2.05, 4.69) is 20.9 Å². The summed E-state index contributed by atoms with van der Waals surface area (Å²) in [5.41, 5.74) is 3.00. The van der Waals surface area contributed by atoms with E-state index in [0.717, 1.165) is 33.8 Å². The van der Waals surface area contributed by atoms with E-state index < -0.39 is 0 Å². The van der Waals surface area contributed by atoms with Gasteiger partial charge in [-0.25, -0.2) is 0 Å². The average molecular weight is 322 g/mol. The zero-order chi connectivity index (χ0) is 13.7. The highest BCUT2D eigenvalue weighted by molar-refractivity contribution is 9.08. The summed E-state index contributed by atoms with van der Waals surface area (Å²) in [6.07, 6.45) is 0. The molecule has 0 N–H and O–H groups in total. The van der Waals surface area contributed by atoms with Gasteiger partial charge in [0.05, 0.1) is 12.8 Å². The van der Waals surface area contributed by atoms with E-state index in [4.69, 9.17) is 9.47 Å². The van der Waals surface area contributed by atoms with Gasteiger partial charge in [0.1, 0.15) is 18.1 Å². The Labute approximate surface area is 121 Å². The smallest absolute Gasteiger partial charge is 0.130 e. The fraction of sp³-hybridized carbons (Fsp3) is 0.267. The molecule has 0 radical (unpaired) electrons. The molecule has 0 amide bonds. The van der Waals surface area contributed by atoms with Gasteiger partial charge in [0.25, 0.3) is 0 Å². The Morgan fingerprint density at radius 3 is 2.74 bits per heavy atom. The van der Waals surface area contributed by atoms with Gasteiger partial charge in [-0.2, -0.15) is 0 Å². The van der Waals surface area contributed by atoms with E-state index >= 15 is 0 Å². The molecule has 0 fully saturated rings. The van der Waals surface area contributed by atoms with E-state index in [1.807, 2.05) is 43.3 Å². The van der Waals surface area contributed by atoms with Crippen molar-refractivity contribution < 1.29 is 9.47 Å². The highest BCUT2D eigenvalue weighted by atomic mass is 79.9. The minimum atomic E-state index is 0.453. The second-order valence-electron chi connectivity index (χ2n) is 4.17. The number of benzene rings is 1. The Morgan fingerprint density at radius 2 is 2.05 bits per heavy atom. The Balaban J connectivity index is 2.14.